The summed E-state index contributed by atoms with van der Waals surface area (Å²) < 4.78 is 1.85. The number of nitrogens with one attached hydrogen (secondary N) is 2. The van der Waals surface area contributed by atoms with Crippen molar-refractivity contribution in [2.75, 3.05) is 18.4 Å². The van der Waals surface area contributed by atoms with Gasteiger partial charge in [0.1, 0.15) is 6.04 Å². The van der Waals surface area contributed by atoms with Crippen LogP contribution in [0.15, 0.2) is 61.1 Å². The number of hydrogen-bond donors (Lipinski definition) is 2. The number of imidazole rings is 1. The van der Waals surface area contributed by atoms with Crippen molar-refractivity contribution in [3.8, 4) is 0 Å². The quantitative estimate of drug-likeness (QED) is 0.476. The Bertz CT molecular complexity index is 1210. The summed E-state index contributed by atoms with van der Waals surface area (Å²) in [6.07, 6.45) is 4.41. The zero-order valence-electron chi connectivity index (χ0n) is 19.6. The Morgan fingerprint density at radius 1 is 1.17 bits per heavy atom. The lowest BCUT2D eigenvalue weighted by Crippen LogP contribution is -2.44. The molecule has 1 aliphatic rings. The van der Waals surface area contributed by atoms with E-state index in [1.54, 1.807) is 29.4 Å². The largest absolute Gasteiger partial charge is 0.550 e. The highest BCUT2D eigenvalue weighted by molar-refractivity contribution is 5.96. The van der Waals surface area contributed by atoms with Crippen molar-refractivity contribution in [3.63, 3.8) is 0 Å². The predicted octanol–water partition coefficient (Wildman–Crippen LogP) is 0.898. The summed E-state index contributed by atoms with van der Waals surface area (Å²) in [6.45, 7) is 1.20. The lowest BCUT2D eigenvalue weighted by atomic mass is 10.1. The fourth-order valence-electron chi connectivity index (χ4n) is 4.15. The first-order chi connectivity index (χ1) is 16.9. The number of hydrogen-bond acceptors (Lipinski definition) is 6. The Morgan fingerprint density at radius 3 is 2.69 bits per heavy atom. The number of carboxylic acid groups (broad SMARTS) is 1. The summed E-state index contributed by atoms with van der Waals surface area (Å²) in [6, 6.07) is 14.0. The molecule has 0 fully saturated rings. The monoisotopic (exact) mass is 474 g/mol. The van der Waals surface area contributed by atoms with Crippen LogP contribution < -0.4 is 15.7 Å². The van der Waals surface area contributed by atoms with Crippen LogP contribution in [0.2, 0.25) is 0 Å². The predicted molar refractivity (Wildman–Crippen MR) is 128 cm³/mol. The maximum Gasteiger partial charge on any atom is 0.251 e. The minimum atomic E-state index is -1.31. The smallest absolute Gasteiger partial charge is 0.251 e. The van der Waals surface area contributed by atoms with Crippen LogP contribution >= 0.6 is 0 Å². The molecule has 182 valence electrons. The lowest BCUT2D eigenvalue weighted by molar-refractivity contribution is -0.305. The Morgan fingerprint density at radius 2 is 1.97 bits per heavy atom. The normalized spacial score (nSPS) is 15.2. The average molecular weight is 475 g/mol. The molecule has 0 radical (unpaired) electrons. The number of aryl methyl sites for hydroxylation is 1. The van der Waals surface area contributed by atoms with Gasteiger partial charge in [-0.05, 0) is 29.7 Å². The first-order valence-corrected chi connectivity index (χ1v) is 11.6. The zero-order chi connectivity index (χ0) is 24.8. The minimum Gasteiger partial charge on any atom is -0.550 e. The first kappa shape index (κ1) is 24.0. The van der Waals surface area contributed by atoms with E-state index < -0.39 is 18.4 Å². The van der Waals surface area contributed by atoms with Crippen molar-refractivity contribution in [2.45, 2.75) is 31.8 Å². The standard InChI is InChI=1S/C26H29N5O4/c1-30-16-21(28-17-30)9-11-27-25(34)19-7-8-20-15-31(12-10-18-5-3-2-4-6-18)26(35)23(14-24(32)33)29-22(20)13-19/h2-8,13,16-17,23,29H,9-12,14-15H2,1H3,(H,27,34)(H,32,33)/p-1. The van der Waals surface area contributed by atoms with Crippen molar-refractivity contribution < 1.29 is 19.5 Å². The van der Waals surface area contributed by atoms with Crippen LogP contribution in [0.5, 0.6) is 0 Å². The number of fused-ring (bicyclic) bond motifs is 1. The van der Waals surface area contributed by atoms with E-state index in [4.69, 9.17) is 0 Å². The Hall–Kier alpha value is -4.14. The molecule has 0 aliphatic carbocycles. The van der Waals surface area contributed by atoms with Crippen LogP contribution in [-0.4, -0.2) is 51.4 Å². The number of nitrogens with zero attached hydrogens (tertiary/aromatic N) is 3. The molecule has 2 N–H and O–H groups in total. The molecular formula is C26H28N5O4-. The third kappa shape index (κ3) is 6.26. The van der Waals surface area contributed by atoms with Gasteiger partial charge in [0.25, 0.3) is 5.91 Å². The number of carbonyl (C=O) groups excluding carboxylic acids is 3. The highest BCUT2D eigenvalue weighted by Gasteiger charge is 2.29. The van der Waals surface area contributed by atoms with Crippen LogP contribution in [0, 0.1) is 0 Å². The first-order valence-electron chi connectivity index (χ1n) is 11.6. The minimum absolute atomic E-state index is 0.251. The van der Waals surface area contributed by atoms with Crippen LogP contribution in [0.3, 0.4) is 0 Å². The Labute approximate surface area is 203 Å². The average Bonchev–Trinajstić information content (AvgIpc) is 3.21. The van der Waals surface area contributed by atoms with E-state index in [1.807, 2.05) is 48.1 Å². The maximum absolute atomic E-state index is 13.2. The van der Waals surface area contributed by atoms with Gasteiger partial charge < -0.3 is 30.0 Å². The number of carboxylic acids is 1. The molecule has 9 nitrogen and oxygen atoms in total. The SMILES string of the molecule is Cn1cnc(CCNC(=O)c2ccc3c(c2)NC(CC(=O)[O-])C(=O)N(CCc2ccccc2)C3)c1. The molecular weight excluding hydrogens is 446 g/mol. The molecule has 1 aliphatic heterocycles. The van der Waals surface area contributed by atoms with E-state index in [0.29, 0.717) is 43.7 Å². The van der Waals surface area contributed by atoms with Crippen molar-refractivity contribution >= 4 is 23.5 Å². The van der Waals surface area contributed by atoms with Gasteiger partial charge in [0.15, 0.2) is 0 Å². The molecule has 0 saturated carbocycles. The third-order valence-corrected chi connectivity index (χ3v) is 5.98. The number of carbonyl (C=O) groups is 3. The van der Waals surface area contributed by atoms with Crippen molar-refractivity contribution in [1.29, 1.82) is 0 Å². The Balaban J connectivity index is 1.47. The number of anilines is 1. The molecule has 3 aromatic rings. The molecule has 2 aromatic carbocycles. The fourth-order valence-corrected chi connectivity index (χ4v) is 4.15. The molecule has 35 heavy (non-hydrogen) atoms. The number of rotatable bonds is 9. The molecule has 2 amide bonds. The van der Waals surface area contributed by atoms with Crippen molar-refractivity contribution in [2.24, 2.45) is 7.05 Å². The second kappa shape index (κ2) is 10.9. The molecule has 0 saturated heterocycles. The summed E-state index contributed by atoms with van der Waals surface area (Å²) >= 11 is 0. The topological polar surface area (TPSA) is 119 Å². The molecule has 1 aromatic heterocycles. The van der Waals surface area contributed by atoms with E-state index in [-0.39, 0.29) is 11.8 Å². The van der Waals surface area contributed by atoms with Gasteiger partial charge in [-0.15, -0.1) is 0 Å². The van der Waals surface area contributed by atoms with E-state index in [2.05, 4.69) is 15.6 Å². The summed E-state index contributed by atoms with van der Waals surface area (Å²) in [4.78, 5) is 43.1. The Kier molecular flexibility index (Phi) is 7.45. The number of amides is 2. The molecule has 2 heterocycles. The highest BCUT2D eigenvalue weighted by Crippen LogP contribution is 2.26. The number of benzene rings is 2. The van der Waals surface area contributed by atoms with E-state index in [1.165, 1.54) is 0 Å². The molecule has 1 atom stereocenters. The van der Waals surface area contributed by atoms with Gasteiger partial charge in [0.2, 0.25) is 5.91 Å². The van der Waals surface area contributed by atoms with Gasteiger partial charge in [-0.25, -0.2) is 4.98 Å². The van der Waals surface area contributed by atoms with Crippen LogP contribution in [0.1, 0.15) is 33.6 Å². The van der Waals surface area contributed by atoms with Crippen LogP contribution in [0.4, 0.5) is 5.69 Å². The molecule has 9 heteroatoms. The molecule has 4 rings (SSSR count). The summed E-state index contributed by atoms with van der Waals surface area (Å²) in [7, 11) is 1.89. The fraction of sp³-hybridized carbons (Fsp3) is 0.308. The molecule has 0 bridgehead atoms. The van der Waals surface area contributed by atoms with Gasteiger partial charge in [-0.2, -0.15) is 0 Å². The number of aliphatic carboxylic acids is 1. The second-order valence-electron chi connectivity index (χ2n) is 8.68. The van der Waals surface area contributed by atoms with Gasteiger partial charge in [0, 0.05) is 62.9 Å². The third-order valence-electron chi connectivity index (χ3n) is 5.98. The van der Waals surface area contributed by atoms with Gasteiger partial charge in [-0.3, -0.25) is 9.59 Å². The van der Waals surface area contributed by atoms with Gasteiger partial charge in [-0.1, -0.05) is 36.4 Å². The highest BCUT2D eigenvalue weighted by atomic mass is 16.4. The van der Waals surface area contributed by atoms with E-state index in [0.717, 1.165) is 16.8 Å². The molecule has 1 unspecified atom stereocenters. The van der Waals surface area contributed by atoms with Crippen LogP contribution in [-0.2, 0) is 36.0 Å². The maximum atomic E-state index is 13.2. The summed E-state index contributed by atoms with van der Waals surface area (Å²) in [5, 5.41) is 17.3. The summed E-state index contributed by atoms with van der Waals surface area (Å²) in [5.41, 5.74) is 3.79. The van der Waals surface area contributed by atoms with Crippen molar-refractivity contribution in [1.82, 2.24) is 19.8 Å². The summed E-state index contributed by atoms with van der Waals surface area (Å²) in [5.74, 6) is -1.87. The molecule has 0 spiro atoms. The lowest BCUT2D eigenvalue weighted by Gasteiger charge is -2.25. The zero-order valence-corrected chi connectivity index (χ0v) is 19.6. The van der Waals surface area contributed by atoms with Crippen LogP contribution in [0.25, 0.3) is 0 Å². The van der Waals surface area contributed by atoms with Gasteiger partial charge >= 0.3 is 0 Å². The van der Waals surface area contributed by atoms with E-state index >= 15 is 0 Å². The van der Waals surface area contributed by atoms with Gasteiger partial charge in [0.05, 0.1) is 12.0 Å². The number of aromatic nitrogens is 2. The second-order valence-corrected chi connectivity index (χ2v) is 8.68. The van der Waals surface area contributed by atoms with Crippen molar-refractivity contribution in [3.05, 3.63) is 83.4 Å². The van der Waals surface area contributed by atoms with E-state index in [9.17, 15) is 19.5 Å².